The normalized spacial score (nSPS) is 11.8. The Bertz CT molecular complexity index is 693. The van der Waals surface area contributed by atoms with Crippen LogP contribution in [0.4, 0.5) is 5.69 Å². The minimum atomic E-state index is -0.149. The first kappa shape index (κ1) is 16.9. The van der Waals surface area contributed by atoms with E-state index in [1.54, 1.807) is 14.0 Å². The second-order valence-corrected chi connectivity index (χ2v) is 5.61. The molecule has 0 saturated carbocycles. The summed E-state index contributed by atoms with van der Waals surface area (Å²) in [4.78, 5) is 22.6. The van der Waals surface area contributed by atoms with Crippen LogP contribution in [-0.2, 0) is 16.0 Å². The highest BCUT2D eigenvalue weighted by Gasteiger charge is 2.12. The zero-order chi connectivity index (χ0) is 16.8. The lowest BCUT2D eigenvalue weighted by Crippen LogP contribution is -2.34. The van der Waals surface area contributed by atoms with Crippen molar-refractivity contribution in [1.82, 2.24) is 5.32 Å². The maximum absolute atomic E-state index is 11.5. The summed E-state index contributed by atoms with van der Waals surface area (Å²) < 4.78 is 0. The molecular formula is C19H22N2O2. The number of ketones is 1. The summed E-state index contributed by atoms with van der Waals surface area (Å²) in [5.41, 5.74) is 4.01. The highest BCUT2D eigenvalue weighted by atomic mass is 16.1. The van der Waals surface area contributed by atoms with Crippen molar-refractivity contribution in [2.45, 2.75) is 26.3 Å². The summed E-state index contributed by atoms with van der Waals surface area (Å²) in [7, 11) is 1.80. The topological polar surface area (TPSA) is 58.2 Å². The molecule has 0 spiro atoms. The molecule has 0 unspecified atom stereocenters. The smallest absolute Gasteiger partial charge is 0.221 e. The first-order chi connectivity index (χ1) is 11.0. The van der Waals surface area contributed by atoms with Crippen LogP contribution in [0.1, 0.15) is 19.4 Å². The summed E-state index contributed by atoms with van der Waals surface area (Å²) in [6, 6.07) is 15.7. The molecule has 0 aliphatic rings. The van der Waals surface area contributed by atoms with Crippen LogP contribution < -0.4 is 10.6 Å². The Morgan fingerprint density at radius 2 is 1.70 bits per heavy atom. The molecule has 0 fully saturated rings. The molecule has 2 aromatic carbocycles. The molecule has 2 aromatic rings. The van der Waals surface area contributed by atoms with E-state index in [1.165, 1.54) is 6.92 Å². The van der Waals surface area contributed by atoms with Gasteiger partial charge in [0.1, 0.15) is 5.78 Å². The predicted octanol–water partition coefficient (Wildman–Crippen LogP) is 3.03. The zero-order valence-corrected chi connectivity index (χ0v) is 13.7. The van der Waals surface area contributed by atoms with Crippen LogP contribution in [0.15, 0.2) is 48.5 Å². The number of carbonyl (C=O) groups is 2. The van der Waals surface area contributed by atoms with E-state index in [0.717, 1.165) is 22.4 Å². The van der Waals surface area contributed by atoms with Gasteiger partial charge in [-0.05, 0) is 49.2 Å². The number of carbonyl (C=O) groups excluding carboxylic acids is 2. The summed E-state index contributed by atoms with van der Waals surface area (Å²) in [5, 5.41) is 5.82. The van der Waals surface area contributed by atoms with Crippen molar-refractivity contribution in [2.24, 2.45) is 0 Å². The third-order valence-electron chi connectivity index (χ3n) is 3.75. The molecule has 1 amide bonds. The van der Waals surface area contributed by atoms with Gasteiger partial charge in [-0.1, -0.05) is 36.4 Å². The Labute approximate surface area is 136 Å². The minimum Gasteiger partial charge on any atom is -0.326 e. The number of amides is 1. The maximum atomic E-state index is 11.5. The monoisotopic (exact) mass is 310 g/mol. The van der Waals surface area contributed by atoms with E-state index in [1.807, 2.05) is 48.5 Å². The molecule has 2 N–H and O–H groups in total. The van der Waals surface area contributed by atoms with Gasteiger partial charge in [0.25, 0.3) is 0 Å². The predicted molar refractivity (Wildman–Crippen MR) is 93.4 cm³/mol. The van der Waals surface area contributed by atoms with Crippen LogP contribution >= 0.6 is 0 Å². The SMILES string of the molecule is CN[C@@H](Cc1ccc(-c2cccc(NC(C)=O)c2)cc1)C(C)=O. The number of benzene rings is 2. The molecule has 0 bridgehead atoms. The molecule has 0 aliphatic heterocycles. The molecule has 0 saturated heterocycles. The molecule has 0 heterocycles. The summed E-state index contributed by atoms with van der Waals surface area (Å²) in [5.74, 6) is 0.0550. The summed E-state index contributed by atoms with van der Waals surface area (Å²) in [6.07, 6.45) is 0.679. The lowest BCUT2D eigenvalue weighted by molar-refractivity contribution is -0.118. The number of nitrogens with one attached hydrogen (secondary N) is 2. The molecule has 4 nitrogen and oxygen atoms in total. The van der Waals surface area contributed by atoms with Gasteiger partial charge in [0.15, 0.2) is 0 Å². The molecular weight excluding hydrogens is 288 g/mol. The Hall–Kier alpha value is -2.46. The molecule has 1 atom stereocenters. The number of rotatable bonds is 6. The molecule has 0 aromatic heterocycles. The molecule has 4 heteroatoms. The van der Waals surface area contributed by atoms with Crippen LogP contribution in [0.3, 0.4) is 0 Å². The number of anilines is 1. The highest BCUT2D eigenvalue weighted by Crippen LogP contribution is 2.23. The van der Waals surface area contributed by atoms with Gasteiger partial charge in [-0.25, -0.2) is 0 Å². The second-order valence-electron chi connectivity index (χ2n) is 5.61. The number of Topliss-reactive ketones (excluding diaryl/α,β-unsaturated/α-hetero) is 1. The van der Waals surface area contributed by atoms with Gasteiger partial charge in [-0.15, -0.1) is 0 Å². The van der Waals surface area contributed by atoms with Gasteiger partial charge in [-0.3, -0.25) is 9.59 Å². The van der Waals surface area contributed by atoms with Crippen molar-refractivity contribution < 1.29 is 9.59 Å². The molecule has 0 aliphatic carbocycles. The Kier molecular flexibility index (Phi) is 5.66. The van der Waals surface area contributed by atoms with Gasteiger partial charge in [0.05, 0.1) is 6.04 Å². The fourth-order valence-electron chi connectivity index (χ4n) is 2.50. The Morgan fingerprint density at radius 1 is 1.00 bits per heavy atom. The van der Waals surface area contributed by atoms with E-state index in [2.05, 4.69) is 10.6 Å². The molecule has 0 radical (unpaired) electrons. The summed E-state index contributed by atoms with van der Waals surface area (Å²) in [6.45, 7) is 3.09. The van der Waals surface area contributed by atoms with Gasteiger partial charge >= 0.3 is 0 Å². The maximum Gasteiger partial charge on any atom is 0.221 e. The first-order valence-electron chi connectivity index (χ1n) is 7.64. The van der Waals surface area contributed by atoms with Crippen molar-refractivity contribution in [2.75, 3.05) is 12.4 Å². The van der Waals surface area contributed by atoms with Crippen LogP contribution in [-0.4, -0.2) is 24.8 Å². The molecule has 2 rings (SSSR count). The largest absolute Gasteiger partial charge is 0.326 e. The van der Waals surface area contributed by atoms with Crippen LogP contribution in [0.5, 0.6) is 0 Å². The average Bonchev–Trinajstić information content (AvgIpc) is 2.52. The van der Waals surface area contributed by atoms with E-state index in [9.17, 15) is 9.59 Å². The van der Waals surface area contributed by atoms with Crippen molar-refractivity contribution in [3.8, 4) is 11.1 Å². The third kappa shape index (κ3) is 4.76. The van der Waals surface area contributed by atoms with Crippen LogP contribution in [0.25, 0.3) is 11.1 Å². The standard InChI is InChI=1S/C19H22N2O2/c1-13(22)19(20-3)11-15-7-9-16(10-8-15)17-5-4-6-18(12-17)21-14(2)23/h4-10,12,19-20H,11H2,1-3H3,(H,21,23)/t19-/m0/s1. The highest BCUT2D eigenvalue weighted by molar-refractivity contribution is 5.89. The number of hydrogen-bond acceptors (Lipinski definition) is 3. The second kappa shape index (κ2) is 7.70. The minimum absolute atomic E-state index is 0.0835. The lowest BCUT2D eigenvalue weighted by atomic mass is 9.99. The van der Waals surface area contributed by atoms with E-state index in [4.69, 9.17) is 0 Å². The van der Waals surface area contributed by atoms with Gasteiger partial charge < -0.3 is 10.6 Å². The molecule has 120 valence electrons. The van der Waals surface area contributed by atoms with Crippen LogP contribution in [0.2, 0.25) is 0 Å². The van der Waals surface area contributed by atoms with E-state index < -0.39 is 0 Å². The zero-order valence-electron chi connectivity index (χ0n) is 13.7. The fourth-order valence-corrected chi connectivity index (χ4v) is 2.50. The van der Waals surface area contributed by atoms with Crippen molar-refractivity contribution in [3.63, 3.8) is 0 Å². The van der Waals surface area contributed by atoms with E-state index >= 15 is 0 Å². The first-order valence-corrected chi connectivity index (χ1v) is 7.64. The van der Waals surface area contributed by atoms with Gasteiger partial charge in [0.2, 0.25) is 5.91 Å². The Morgan fingerprint density at radius 3 is 2.26 bits per heavy atom. The van der Waals surface area contributed by atoms with Crippen LogP contribution in [0, 0.1) is 0 Å². The van der Waals surface area contributed by atoms with E-state index in [-0.39, 0.29) is 17.7 Å². The van der Waals surface area contributed by atoms with Crippen molar-refractivity contribution in [1.29, 1.82) is 0 Å². The average molecular weight is 310 g/mol. The lowest BCUT2D eigenvalue weighted by Gasteiger charge is -2.13. The molecule has 23 heavy (non-hydrogen) atoms. The number of hydrogen-bond donors (Lipinski definition) is 2. The number of likely N-dealkylation sites (N-methyl/N-ethyl adjacent to an activating group) is 1. The Balaban J connectivity index is 2.16. The fraction of sp³-hybridized carbons (Fsp3) is 0.263. The quantitative estimate of drug-likeness (QED) is 0.862. The van der Waals surface area contributed by atoms with Gasteiger partial charge in [0, 0.05) is 12.6 Å². The van der Waals surface area contributed by atoms with Gasteiger partial charge in [-0.2, -0.15) is 0 Å². The van der Waals surface area contributed by atoms with Crippen molar-refractivity contribution >= 4 is 17.4 Å². The third-order valence-corrected chi connectivity index (χ3v) is 3.75. The van der Waals surface area contributed by atoms with Crippen molar-refractivity contribution in [3.05, 3.63) is 54.1 Å². The van der Waals surface area contributed by atoms with E-state index in [0.29, 0.717) is 6.42 Å². The summed E-state index contributed by atoms with van der Waals surface area (Å²) >= 11 is 0.